The van der Waals surface area contributed by atoms with Gasteiger partial charge in [0.05, 0.1) is 17.3 Å². The number of fused-ring (bicyclic) bond motifs is 1. The fourth-order valence-corrected chi connectivity index (χ4v) is 6.65. The Morgan fingerprint density at radius 2 is 1.67 bits per heavy atom. The number of aromatic nitrogens is 3. The summed E-state index contributed by atoms with van der Waals surface area (Å²) >= 11 is 0. The van der Waals surface area contributed by atoms with E-state index in [2.05, 4.69) is 15.0 Å². The second kappa shape index (κ2) is 6.55. The molecule has 0 unspecified atom stereocenters. The molecule has 4 fully saturated rings. The number of pyridine rings is 1. The van der Waals surface area contributed by atoms with E-state index in [4.69, 9.17) is 0 Å². The molecule has 7 rings (SSSR count). The number of nitrogens with one attached hydrogen (secondary N) is 1. The number of aliphatic hydroxyl groups is 1. The number of piperidine rings is 1. The fraction of sp³-hybridized carbons (Fsp3) is 0.435. The van der Waals surface area contributed by atoms with Crippen LogP contribution in [-0.2, 0) is 5.41 Å². The van der Waals surface area contributed by atoms with Crippen LogP contribution in [-0.4, -0.2) is 49.6 Å². The van der Waals surface area contributed by atoms with Gasteiger partial charge in [-0.3, -0.25) is 4.79 Å². The predicted molar refractivity (Wildman–Crippen MR) is 120 cm³/mol. The van der Waals surface area contributed by atoms with Crippen LogP contribution in [0.2, 0.25) is 0 Å². The maximum atomic E-state index is 14.9. The van der Waals surface area contributed by atoms with Gasteiger partial charge in [-0.25, -0.2) is 14.4 Å². The quantitative estimate of drug-likeness (QED) is 0.408. The van der Waals surface area contributed by atoms with Gasteiger partial charge in [0.15, 0.2) is 5.65 Å². The molecule has 4 aliphatic rings. The van der Waals surface area contributed by atoms with E-state index in [9.17, 15) is 33.7 Å². The minimum atomic E-state index is -9.81. The average Bonchev–Trinajstić information content (AvgIpc) is 3.18. The molecule has 3 aromatic rings. The van der Waals surface area contributed by atoms with Gasteiger partial charge in [0.25, 0.3) is 5.91 Å². The van der Waals surface area contributed by atoms with Gasteiger partial charge in [0.2, 0.25) is 0 Å². The van der Waals surface area contributed by atoms with Crippen LogP contribution < -0.4 is 0 Å². The van der Waals surface area contributed by atoms with Gasteiger partial charge in [-0.05, 0) is 62.3 Å². The summed E-state index contributed by atoms with van der Waals surface area (Å²) in [5, 5.41) is 10.1. The van der Waals surface area contributed by atoms with Crippen molar-refractivity contribution in [1.82, 2.24) is 19.9 Å². The van der Waals surface area contributed by atoms with Crippen LogP contribution in [0.3, 0.4) is 0 Å². The van der Waals surface area contributed by atoms with Crippen molar-refractivity contribution in [2.75, 3.05) is 13.1 Å². The summed E-state index contributed by atoms with van der Waals surface area (Å²) in [7, 11) is -9.81. The lowest BCUT2D eigenvalue weighted by Gasteiger charge is -2.66. The first-order valence-electron chi connectivity index (χ1n) is 11.5. The number of aromatic amines is 1. The molecule has 1 amide bonds. The zero-order valence-electron chi connectivity index (χ0n) is 18.8. The molecule has 0 spiro atoms. The van der Waals surface area contributed by atoms with Crippen molar-refractivity contribution in [2.24, 2.45) is 0 Å². The molecule has 0 radical (unpaired) electrons. The Labute approximate surface area is 201 Å². The molecule has 194 valence electrons. The zero-order chi connectivity index (χ0) is 25.8. The highest BCUT2D eigenvalue weighted by Gasteiger charge is 2.69. The average molecular weight is 533 g/mol. The third-order valence-corrected chi connectivity index (χ3v) is 8.92. The number of nitrogens with zero attached hydrogens (tertiary/aromatic N) is 3. The van der Waals surface area contributed by atoms with E-state index in [-0.39, 0.29) is 42.1 Å². The van der Waals surface area contributed by atoms with E-state index in [0.717, 1.165) is 18.3 Å². The van der Waals surface area contributed by atoms with E-state index >= 15 is 0 Å². The lowest BCUT2D eigenvalue weighted by Crippen LogP contribution is -2.69. The number of carbonyl (C=O) groups excluding carboxylic acids is 1. The van der Waals surface area contributed by atoms with Gasteiger partial charge in [-0.15, -0.1) is 0 Å². The molecule has 6 nitrogen and oxygen atoms in total. The highest BCUT2D eigenvalue weighted by atomic mass is 32.5. The second-order valence-electron chi connectivity index (χ2n) is 10.4. The monoisotopic (exact) mass is 532 g/mol. The number of halogens is 6. The highest BCUT2D eigenvalue weighted by Crippen LogP contribution is 3.02. The maximum absolute atomic E-state index is 14.9. The topological polar surface area (TPSA) is 82.1 Å². The first-order valence-corrected chi connectivity index (χ1v) is 13.4. The van der Waals surface area contributed by atoms with Crippen LogP contribution in [0.4, 0.5) is 23.8 Å². The molecule has 0 atom stereocenters. The SMILES string of the molecule is O=C(c1ccc(S(F)(F)(F)(F)F)cc1)N1CCC(c2c(F)cnc3nc(C45CC(O)(C4)C5)[nH]c23)CC1. The van der Waals surface area contributed by atoms with Crippen molar-refractivity contribution in [1.29, 1.82) is 0 Å². The first kappa shape index (κ1) is 23.6. The molecular weight excluding hydrogens is 510 g/mol. The smallest absolute Gasteiger partial charge is 0.310 e. The van der Waals surface area contributed by atoms with Gasteiger partial charge < -0.3 is 15.0 Å². The third-order valence-electron chi connectivity index (χ3n) is 7.75. The van der Waals surface area contributed by atoms with Crippen LogP contribution in [0.25, 0.3) is 11.2 Å². The van der Waals surface area contributed by atoms with Crippen LogP contribution in [0.1, 0.15) is 59.8 Å². The molecule has 1 aromatic carbocycles. The van der Waals surface area contributed by atoms with Crippen molar-refractivity contribution >= 4 is 27.3 Å². The molecule has 3 aliphatic carbocycles. The Hall–Kier alpha value is -2.80. The van der Waals surface area contributed by atoms with E-state index in [1.807, 2.05) is 0 Å². The molecule has 13 heteroatoms. The summed E-state index contributed by atoms with van der Waals surface area (Å²) in [4.78, 5) is 24.0. The Kier molecular flexibility index (Phi) is 4.29. The molecular formula is C23H22F6N4O2S. The molecule has 36 heavy (non-hydrogen) atoms. The number of hydrogen-bond acceptors (Lipinski definition) is 4. The van der Waals surface area contributed by atoms with Gasteiger partial charge in [-0.1, -0.05) is 19.4 Å². The van der Waals surface area contributed by atoms with Gasteiger partial charge in [0.1, 0.15) is 16.5 Å². The molecule has 3 heterocycles. The van der Waals surface area contributed by atoms with E-state index < -0.39 is 32.4 Å². The first-order chi connectivity index (χ1) is 16.6. The molecule has 3 saturated carbocycles. The fourth-order valence-electron chi connectivity index (χ4n) is 6.00. The number of likely N-dealkylation sites (tertiary alicyclic amines) is 1. The Morgan fingerprint density at radius 3 is 2.22 bits per heavy atom. The summed E-state index contributed by atoms with van der Waals surface area (Å²) in [6.07, 6.45) is 3.74. The summed E-state index contributed by atoms with van der Waals surface area (Å²) < 4.78 is 79.6. The van der Waals surface area contributed by atoms with Gasteiger partial charge in [-0.2, -0.15) is 0 Å². The molecule has 2 bridgehead atoms. The van der Waals surface area contributed by atoms with Crippen LogP contribution >= 0.6 is 10.2 Å². The summed E-state index contributed by atoms with van der Waals surface area (Å²) in [6, 6.07) is 1.96. The zero-order valence-corrected chi connectivity index (χ0v) is 19.6. The largest absolute Gasteiger partial charge is 0.390 e. The van der Waals surface area contributed by atoms with E-state index in [1.165, 1.54) is 4.90 Å². The van der Waals surface area contributed by atoms with Crippen molar-refractivity contribution in [3.05, 3.63) is 53.2 Å². The highest BCUT2D eigenvalue weighted by molar-refractivity contribution is 8.45. The predicted octanol–water partition coefficient (Wildman–Crippen LogP) is 5.94. The van der Waals surface area contributed by atoms with Crippen LogP contribution in [0.5, 0.6) is 0 Å². The number of carbonyl (C=O) groups is 1. The number of imidazole rings is 1. The summed E-state index contributed by atoms with van der Waals surface area (Å²) in [6.45, 7) is 0.433. The minimum absolute atomic E-state index is 0.130. The van der Waals surface area contributed by atoms with Crippen LogP contribution in [0.15, 0.2) is 35.4 Å². The number of benzene rings is 1. The third kappa shape index (κ3) is 3.66. The number of amides is 1. The standard InChI is InChI=1S/C23H22F6N4O2S/c24-16-9-30-19-18(31-21(32-19)22-10-23(35,11-22)12-22)17(16)13-5-7-33(8-6-13)20(34)14-1-3-15(4-2-14)36(25,26,27,28)29/h1-4,9,13,35H,5-8,10-12H2,(H,30,31,32). The normalized spacial score (nSPS) is 28.2. The van der Waals surface area contributed by atoms with Gasteiger partial charge >= 0.3 is 10.2 Å². The van der Waals surface area contributed by atoms with Crippen molar-refractivity contribution in [2.45, 2.75) is 53.9 Å². The molecule has 2 aromatic heterocycles. The Balaban J connectivity index is 1.19. The maximum Gasteiger partial charge on any atom is 0.310 e. The number of H-pyrrole nitrogens is 1. The van der Waals surface area contributed by atoms with Crippen LogP contribution in [0, 0.1) is 5.82 Å². The van der Waals surface area contributed by atoms with E-state index in [0.29, 0.717) is 54.7 Å². The summed E-state index contributed by atoms with van der Waals surface area (Å²) in [5.41, 5.74) is 0.353. The number of hydrogen-bond donors (Lipinski definition) is 2. The Morgan fingerprint density at radius 1 is 1.06 bits per heavy atom. The van der Waals surface area contributed by atoms with E-state index in [1.54, 1.807) is 0 Å². The molecule has 1 saturated heterocycles. The minimum Gasteiger partial charge on any atom is -0.390 e. The van der Waals surface area contributed by atoms with Crippen molar-refractivity contribution in [3.8, 4) is 0 Å². The van der Waals surface area contributed by atoms with Crippen molar-refractivity contribution < 1.29 is 33.7 Å². The summed E-state index contributed by atoms with van der Waals surface area (Å²) in [5.74, 6) is -0.630. The number of rotatable bonds is 4. The second-order valence-corrected chi connectivity index (χ2v) is 12.8. The Bertz CT molecular complexity index is 1400. The molecule has 2 N–H and O–H groups in total. The lowest BCUT2D eigenvalue weighted by molar-refractivity contribution is -0.216. The van der Waals surface area contributed by atoms with Crippen molar-refractivity contribution in [3.63, 3.8) is 0 Å². The van der Waals surface area contributed by atoms with Gasteiger partial charge in [0, 0.05) is 29.6 Å². The molecule has 1 aliphatic heterocycles. The lowest BCUT2D eigenvalue weighted by atomic mass is 9.41.